The summed E-state index contributed by atoms with van der Waals surface area (Å²) < 4.78 is 36.5. The van der Waals surface area contributed by atoms with E-state index in [0.717, 1.165) is 12.1 Å². The first-order chi connectivity index (χ1) is 11.1. The van der Waals surface area contributed by atoms with E-state index in [0.29, 0.717) is 36.8 Å². The third kappa shape index (κ3) is 3.54. The number of aliphatic hydroxyl groups is 1. The van der Waals surface area contributed by atoms with Crippen LogP contribution in [0.2, 0.25) is 0 Å². The van der Waals surface area contributed by atoms with E-state index in [2.05, 4.69) is 10.1 Å². The zero-order chi connectivity index (χ0) is 16.4. The van der Waals surface area contributed by atoms with Crippen LogP contribution >= 0.6 is 0 Å². The van der Waals surface area contributed by atoms with E-state index in [-0.39, 0.29) is 12.6 Å². The molecule has 124 valence electrons. The maximum Gasteiger partial charge on any atom is 0.252 e. The van der Waals surface area contributed by atoms with Crippen molar-refractivity contribution in [3.63, 3.8) is 0 Å². The molecule has 1 fully saturated rings. The number of aromatic nitrogens is 2. The summed E-state index contributed by atoms with van der Waals surface area (Å²) in [5.41, 5.74) is 0.612. The molecule has 3 rings (SSSR count). The predicted molar refractivity (Wildman–Crippen MR) is 75.1 cm³/mol. The number of ether oxygens (including phenoxy) is 1. The lowest BCUT2D eigenvalue weighted by atomic mass is 10.0. The van der Waals surface area contributed by atoms with E-state index in [1.54, 1.807) is 0 Å². The maximum atomic E-state index is 13.5. The maximum absolute atomic E-state index is 13.5. The SMILES string of the molecule is COCc1nc(CN2C[C@@H](O)C[C@H]2c2ccc(F)c(F)c2)no1. The molecule has 1 aromatic heterocycles. The summed E-state index contributed by atoms with van der Waals surface area (Å²) in [6.45, 7) is 0.966. The van der Waals surface area contributed by atoms with Crippen molar-refractivity contribution >= 4 is 0 Å². The standard InChI is InChI=1S/C15H17F2N3O3/c1-22-8-15-18-14(19-23-15)7-20-6-10(21)5-13(20)9-2-3-11(16)12(17)4-9/h2-4,10,13,21H,5-8H2,1H3/t10-,13-/m0/s1. The smallest absolute Gasteiger partial charge is 0.252 e. The molecule has 0 aliphatic carbocycles. The Balaban J connectivity index is 1.77. The number of likely N-dealkylation sites (tertiary alicyclic amines) is 1. The van der Waals surface area contributed by atoms with Gasteiger partial charge in [0, 0.05) is 19.7 Å². The Labute approximate surface area is 131 Å². The Morgan fingerprint density at radius 1 is 1.39 bits per heavy atom. The molecule has 0 spiro atoms. The Morgan fingerprint density at radius 3 is 2.96 bits per heavy atom. The van der Waals surface area contributed by atoms with Crippen molar-refractivity contribution in [2.24, 2.45) is 0 Å². The molecular weight excluding hydrogens is 308 g/mol. The molecule has 0 amide bonds. The highest BCUT2D eigenvalue weighted by molar-refractivity contribution is 5.23. The van der Waals surface area contributed by atoms with Gasteiger partial charge in [0.2, 0.25) is 0 Å². The Hall–Kier alpha value is -1.90. The molecule has 0 radical (unpaired) electrons. The lowest BCUT2D eigenvalue weighted by molar-refractivity contribution is 0.151. The first-order valence-electron chi connectivity index (χ1n) is 7.24. The summed E-state index contributed by atoms with van der Waals surface area (Å²) in [5, 5.41) is 13.8. The zero-order valence-electron chi connectivity index (χ0n) is 12.6. The van der Waals surface area contributed by atoms with Crippen molar-refractivity contribution in [2.45, 2.75) is 31.7 Å². The number of hydrogen-bond acceptors (Lipinski definition) is 6. The summed E-state index contributed by atoms with van der Waals surface area (Å²) in [6.07, 6.45) is -0.105. The van der Waals surface area contributed by atoms with Crippen LogP contribution in [-0.2, 0) is 17.9 Å². The molecule has 2 atom stereocenters. The average Bonchev–Trinajstić information content (AvgIpc) is 3.09. The number of methoxy groups -OCH3 is 1. The molecule has 1 aromatic carbocycles. The molecule has 6 nitrogen and oxygen atoms in total. The molecule has 23 heavy (non-hydrogen) atoms. The third-order valence-electron chi connectivity index (χ3n) is 3.83. The van der Waals surface area contributed by atoms with Gasteiger partial charge in [-0.05, 0) is 24.1 Å². The van der Waals surface area contributed by atoms with Crippen LogP contribution in [0.1, 0.15) is 29.7 Å². The molecule has 2 heterocycles. The van der Waals surface area contributed by atoms with Gasteiger partial charge in [-0.1, -0.05) is 11.2 Å². The van der Waals surface area contributed by atoms with E-state index in [1.165, 1.54) is 13.2 Å². The fourth-order valence-electron chi connectivity index (χ4n) is 2.84. The van der Waals surface area contributed by atoms with Gasteiger partial charge in [0.1, 0.15) is 6.61 Å². The van der Waals surface area contributed by atoms with Crippen molar-refractivity contribution in [3.05, 3.63) is 47.1 Å². The minimum Gasteiger partial charge on any atom is -0.392 e. The van der Waals surface area contributed by atoms with E-state index in [4.69, 9.17) is 9.26 Å². The second-order valence-corrected chi connectivity index (χ2v) is 5.55. The minimum atomic E-state index is -0.897. The van der Waals surface area contributed by atoms with Gasteiger partial charge in [-0.15, -0.1) is 0 Å². The van der Waals surface area contributed by atoms with Gasteiger partial charge in [0.25, 0.3) is 5.89 Å². The number of β-amino-alcohol motifs (C(OH)–C–C–N with tert-alkyl or cyclic N) is 1. The van der Waals surface area contributed by atoms with Crippen LogP contribution in [0.4, 0.5) is 8.78 Å². The summed E-state index contributed by atoms with van der Waals surface area (Å²) in [6, 6.07) is 3.56. The van der Waals surface area contributed by atoms with Gasteiger partial charge in [-0.2, -0.15) is 4.98 Å². The molecule has 1 saturated heterocycles. The van der Waals surface area contributed by atoms with Crippen molar-refractivity contribution in [3.8, 4) is 0 Å². The lowest BCUT2D eigenvalue weighted by Gasteiger charge is -2.23. The second-order valence-electron chi connectivity index (χ2n) is 5.55. The van der Waals surface area contributed by atoms with E-state index >= 15 is 0 Å². The van der Waals surface area contributed by atoms with Crippen molar-refractivity contribution in [1.29, 1.82) is 0 Å². The highest BCUT2D eigenvalue weighted by Crippen LogP contribution is 2.33. The first kappa shape index (κ1) is 16.0. The fraction of sp³-hybridized carbons (Fsp3) is 0.467. The largest absolute Gasteiger partial charge is 0.392 e. The van der Waals surface area contributed by atoms with Crippen LogP contribution in [0.3, 0.4) is 0 Å². The summed E-state index contributed by atoms with van der Waals surface area (Å²) in [4.78, 5) is 6.10. The highest BCUT2D eigenvalue weighted by atomic mass is 19.2. The number of nitrogens with zero attached hydrogens (tertiary/aromatic N) is 3. The Kier molecular flexibility index (Phi) is 4.65. The zero-order valence-corrected chi connectivity index (χ0v) is 12.6. The van der Waals surface area contributed by atoms with E-state index in [9.17, 15) is 13.9 Å². The monoisotopic (exact) mass is 325 g/mol. The van der Waals surface area contributed by atoms with Crippen molar-refractivity contribution in [2.75, 3.05) is 13.7 Å². The summed E-state index contributed by atoms with van der Waals surface area (Å²) in [7, 11) is 1.53. The number of halogens is 2. The third-order valence-corrected chi connectivity index (χ3v) is 3.83. The second kappa shape index (κ2) is 6.69. The van der Waals surface area contributed by atoms with Crippen LogP contribution < -0.4 is 0 Å². The van der Waals surface area contributed by atoms with Gasteiger partial charge in [0.15, 0.2) is 17.5 Å². The molecule has 8 heteroatoms. The predicted octanol–water partition coefficient (Wildman–Crippen LogP) is 1.80. The number of rotatable bonds is 5. The Morgan fingerprint density at radius 2 is 2.22 bits per heavy atom. The van der Waals surface area contributed by atoms with Crippen LogP contribution in [0.15, 0.2) is 22.7 Å². The molecule has 1 N–H and O–H groups in total. The number of aliphatic hydroxyl groups excluding tert-OH is 1. The first-order valence-corrected chi connectivity index (χ1v) is 7.24. The molecule has 1 aliphatic rings. The lowest BCUT2D eigenvalue weighted by Crippen LogP contribution is -2.25. The van der Waals surface area contributed by atoms with Crippen LogP contribution in [0.25, 0.3) is 0 Å². The Bertz CT molecular complexity index is 680. The quantitative estimate of drug-likeness (QED) is 0.904. The number of benzene rings is 1. The van der Waals surface area contributed by atoms with Crippen LogP contribution in [0.5, 0.6) is 0 Å². The van der Waals surface area contributed by atoms with Crippen LogP contribution in [0, 0.1) is 11.6 Å². The van der Waals surface area contributed by atoms with E-state index < -0.39 is 17.7 Å². The summed E-state index contributed by atoms with van der Waals surface area (Å²) in [5.74, 6) is -0.961. The van der Waals surface area contributed by atoms with Gasteiger partial charge in [-0.3, -0.25) is 4.90 Å². The van der Waals surface area contributed by atoms with Gasteiger partial charge >= 0.3 is 0 Å². The van der Waals surface area contributed by atoms with Gasteiger partial charge in [-0.25, -0.2) is 8.78 Å². The minimum absolute atomic E-state index is 0.224. The van der Waals surface area contributed by atoms with Crippen molar-refractivity contribution in [1.82, 2.24) is 15.0 Å². The molecule has 1 aliphatic heterocycles. The molecule has 0 bridgehead atoms. The highest BCUT2D eigenvalue weighted by Gasteiger charge is 2.33. The normalized spacial score (nSPS) is 21.9. The van der Waals surface area contributed by atoms with Crippen LogP contribution in [-0.4, -0.2) is 39.9 Å². The summed E-state index contributed by atoms with van der Waals surface area (Å²) >= 11 is 0. The van der Waals surface area contributed by atoms with Crippen molar-refractivity contribution < 1.29 is 23.1 Å². The average molecular weight is 325 g/mol. The molecule has 0 unspecified atom stereocenters. The topological polar surface area (TPSA) is 71.6 Å². The number of hydrogen-bond donors (Lipinski definition) is 1. The molecule has 2 aromatic rings. The van der Waals surface area contributed by atoms with Gasteiger partial charge in [0.05, 0.1) is 12.6 Å². The fourth-order valence-corrected chi connectivity index (χ4v) is 2.84. The molecular formula is C15H17F2N3O3. The van der Waals surface area contributed by atoms with E-state index in [1.807, 2.05) is 4.90 Å². The molecule has 0 saturated carbocycles. The van der Waals surface area contributed by atoms with Gasteiger partial charge < -0.3 is 14.4 Å².